The quantitative estimate of drug-likeness (QED) is 0.819. The Morgan fingerprint density at radius 2 is 2.07 bits per heavy atom. The number of phenolic OH excluding ortho intramolecular Hbond substituents is 1. The molecule has 0 unspecified atom stereocenters. The number of carbonyl (C=O) groups excluding carboxylic acids is 1. The lowest BCUT2D eigenvalue weighted by atomic mass is 10.2. The standard InChI is InChI=1S/C9H4Br2O3/c10-6-2-7-5(8(11)9(6)13)1-4(3-12)14-7/h1-3,13H. The lowest BCUT2D eigenvalue weighted by Crippen LogP contribution is -1.73. The van der Waals surface area contributed by atoms with Gasteiger partial charge in [-0.3, -0.25) is 4.79 Å². The Labute approximate surface area is 96.0 Å². The average Bonchev–Trinajstić information content (AvgIpc) is 2.57. The number of benzene rings is 1. The second-order valence-electron chi connectivity index (χ2n) is 2.70. The van der Waals surface area contributed by atoms with Crippen LogP contribution in [-0.2, 0) is 0 Å². The molecule has 0 saturated carbocycles. The maximum atomic E-state index is 10.5. The van der Waals surface area contributed by atoms with Gasteiger partial charge in [0.25, 0.3) is 0 Å². The molecule has 0 aliphatic rings. The van der Waals surface area contributed by atoms with Crippen molar-refractivity contribution >= 4 is 49.1 Å². The maximum absolute atomic E-state index is 10.5. The summed E-state index contributed by atoms with van der Waals surface area (Å²) in [4.78, 5) is 10.5. The van der Waals surface area contributed by atoms with Gasteiger partial charge in [-0.15, -0.1) is 0 Å². The van der Waals surface area contributed by atoms with E-state index in [1.165, 1.54) is 0 Å². The van der Waals surface area contributed by atoms with Crippen LogP contribution in [0.15, 0.2) is 25.5 Å². The van der Waals surface area contributed by atoms with Gasteiger partial charge in [-0.2, -0.15) is 0 Å². The molecule has 0 atom stereocenters. The Morgan fingerprint density at radius 1 is 1.36 bits per heavy atom. The third-order valence-electron chi connectivity index (χ3n) is 1.82. The number of hydrogen-bond donors (Lipinski definition) is 1. The largest absolute Gasteiger partial charge is 0.506 e. The summed E-state index contributed by atoms with van der Waals surface area (Å²) in [6, 6.07) is 3.18. The summed E-state index contributed by atoms with van der Waals surface area (Å²) in [7, 11) is 0. The summed E-state index contributed by atoms with van der Waals surface area (Å²) < 4.78 is 6.22. The van der Waals surface area contributed by atoms with E-state index in [1.807, 2.05) is 0 Å². The van der Waals surface area contributed by atoms with E-state index in [0.29, 0.717) is 26.2 Å². The highest BCUT2D eigenvalue weighted by atomic mass is 79.9. The van der Waals surface area contributed by atoms with Crippen LogP contribution in [0.5, 0.6) is 5.75 Å². The lowest BCUT2D eigenvalue weighted by Gasteiger charge is -1.99. The van der Waals surface area contributed by atoms with Crippen molar-refractivity contribution in [2.45, 2.75) is 0 Å². The Kier molecular flexibility index (Phi) is 2.36. The van der Waals surface area contributed by atoms with Crippen molar-refractivity contribution in [3.63, 3.8) is 0 Å². The number of aromatic hydroxyl groups is 1. The van der Waals surface area contributed by atoms with E-state index in [2.05, 4.69) is 31.9 Å². The van der Waals surface area contributed by atoms with Gasteiger partial charge in [0.05, 0.1) is 8.95 Å². The SMILES string of the molecule is O=Cc1cc2c(Br)c(O)c(Br)cc2o1. The number of rotatable bonds is 1. The van der Waals surface area contributed by atoms with Crippen molar-refractivity contribution < 1.29 is 14.3 Å². The van der Waals surface area contributed by atoms with Gasteiger partial charge in [-0.05, 0) is 44.0 Å². The van der Waals surface area contributed by atoms with E-state index in [4.69, 9.17) is 4.42 Å². The fourth-order valence-corrected chi connectivity index (χ4v) is 2.37. The summed E-state index contributed by atoms with van der Waals surface area (Å²) in [5, 5.41) is 10.2. The molecule has 0 aliphatic heterocycles. The third-order valence-corrected chi connectivity index (χ3v) is 3.23. The normalized spacial score (nSPS) is 10.7. The number of carbonyl (C=O) groups is 1. The summed E-state index contributed by atoms with van der Waals surface area (Å²) >= 11 is 6.39. The molecule has 0 amide bonds. The lowest BCUT2D eigenvalue weighted by molar-refractivity contribution is 0.110. The minimum Gasteiger partial charge on any atom is -0.506 e. The van der Waals surface area contributed by atoms with Crippen molar-refractivity contribution in [1.82, 2.24) is 0 Å². The van der Waals surface area contributed by atoms with Crippen molar-refractivity contribution in [3.05, 3.63) is 26.8 Å². The van der Waals surface area contributed by atoms with Crippen LogP contribution in [0, 0.1) is 0 Å². The van der Waals surface area contributed by atoms with Gasteiger partial charge in [0.2, 0.25) is 0 Å². The minimum absolute atomic E-state index is 0.0933. The van der Waals surface area contributed by atoms with Gasteiger partial charge >= 0.3 is 0 Å². The number of aldehydes is 1. The summed E-state index contributed by atoms with van der Waals surface area (Å²) in [6.45, 7) is 0. The molecule has 0 fully saturated rings. The molecular formula is C9H4Br2O3. The number of hydrogen-bond acceptors (Lipinski definition) is 3. The topological polar surface area (TPSA) is 50.4 Å². The van der Waals surface area contributed by atoms with E-state index in [0.717, 1.165) is 0 Å². The molecule has 3 nitrogen and oxygen atoms in total. The monoisotopic (exact) mass is 318 g/mol. The van der Waals surface area contributed by atoms with E-state index in [1.54, 1.807) is 12.1 Å². The average molecular weight is 320 g/mol. The first-order valence-corrected chi connectivity index (χ1v) is 5.27. The molecule has 2 aromatic rings. The maximum Gasteiger partial charge on any atom is 0.185 e. The Balaban J connectivity index is 2.87. The van der Waals surface area contributed by atoms with Gasteiger partial charge < -0.3 is 9.52 Å². The molecule has 72 valence electrons. The highest BCUT2D eigenvalue weighted by Gasteiger charge is 2.12. The zero-order valence-electron chi connectivity index (χ0n) is 6.75. The van der Waals surface area contributed by atoms with E-state index < -0.39 is 0 Å². The van der Waals surface area contributed by atoms with Crippen molar-refractivity contribution in [3.8, 4) is 5.75 Å². The Bertz CT molecular complexity index is 516. The van der Waals surface area contributed by atoms with Crippen LogP contribution in [0.4, 0.5) is 0 Å². The molecule has 1 aromatic carbocycles. The first-order chi connectivity index (χ1) is 6.63. The van der Waals surface area contributed by atoms with E-state index in [-0.39, 0.29) is 11.5 Å². The summed E-state index contributed by atoms with van der Waals surface area (Å²) in [5.74, 6) is 0.328. The number of fused-ring (bicyclic) bond motifs is 1. The highest BCUT2D eigenvalue weighted by molar-refractivity contribution is 9.11. The van der Waals surface area contributed by atoms with Crippen LogP contribution < -0.4 is 0 Å². The minimum atomic E-state index is 0.0933. The first kappa shape index (κ1) is 9.73. The third kappa shape index (κ3) is 1.36. The van der Waals surface area contributed by atoms with E-state index >= 15 is 0 Å². The number of halogens is 2. The van der Waals surface area contributed by atoms with Gasteiger partial charge in [-0.1, -0.05) is 0 Å². The summed E-state index contributed by atoms with van der Waals surface area (Å²) in [6.07, 6.45) is 0.622. The van der Waals surface area contributed by atoms with Gasteiger partial charge in [0, 0.05) is 5.39 Å². The number of phenols is 1. The zero-order valence-corrected chi connectivity index (χ0v) is 9.92. The molecule has 0 radical (unpaired) electrons. The van der Waals surface area contributed by atoms with Crippen molar-refractivity contribution in [1.29, 1.82) is 0 Å². The number of furan rings is 1. The molecule has 1 heterocycles. The molecule has 0 aliphatic carbocycles. The summed E-state index contributed by atoms with van der Waals surface area (Å²) in [5.41, 5.74) is 0.545. The molecular weight excluding hydrogens is 316 g/mol. The smallest absolute Gasteiger partial charge is 0.185 e. The van der Waals surface area contributed by atoms with Crippen molar-refractivity contribution in [2.75, 3.05) is 0 Å². The predicted octanol–water partition coefficient (Wildman–Crippen LogP) is 3.48. The first-order valence-electron chi connectivity index (χ1n) is 3.69. The predicted molar refractivity (Wildman–Crippen MR) is 58.7 cm³/mol. The molecule has 1 N–H and O–H groups in total. The fraction of sp³-hybridized carbons (Fsp3) is 0. The molecule has 0 spiro atoms. The van der Waals surface area contributed by atoms with Crippen LogP contribution in [0.3, 0.4) is 0 Å². The van der Waals surface area contributed by atoms with Crippen LogP contribution >= 0.6 is 31.9 Å². The zero-order chi connectivity index (χ0) is 10.3. The van der Waals surface area contributed by atoms with Crippen LogP contribution in [-0.4, -0.2) is 11.4 Å². The molecule has 0 saturated heterocycles. The second kappa shape index (κ2) is 3.40. The van der Waals surface area contributed by atoms with E-state index in [9.17, 15) is 9.90 Å². The van der Waals surface area contributed by atoms with Gasteiger partial charge in [0.1, 0.15) is 11.3 Å². The fourth-order valence-electron chi connectivity index (χ4n) is 1.18. The Hall–Kier alpha value is -0.810. The van der Waals surface area contributed by atoms with Crippen LogP contribution in [0.2, 0.25) is 0 Å². The highest BCUT2D eigenvalue weighted by Crippen LogP contribution is 2.39. The van der Waals surface area contributed by atoms with Gasteiger partial charge in [-0.25, -0.2) is 0 Å². The molecule has 14 heavy (non-hydrogen) atoms. The van der Waals surface area contributed by atoms with Crippen molar-refractivity contribution in [2.24, 2.45) is 0 Å². The van der Waals surface area contributed by atoms with Crippen LogP contribution in [0.25, 0.3) is 11.0 Å². The second-order valence-corrected chi connectivity index (χ2v) is 4.35. The molecule has 5 heteroatoms. The van der Waals surface area contributed by atoms with Crippen LogP contribution in [0.1, 0.15) is 10.6 Å². The Morgan fingerprint density at radius 3 is 2.71 bits per heavy atom. The van der Waals surface area contributed by atoms with Gasteiger partial charge in [0.15, 0.2) is 12.0 Å². The molecule has 1 aromatic heterocycles. The molecule has 0 bridgehead atoms. The molecule has 2 rings (SSSR count).